The Morgan fingerprint density at radius 3 is 2.67 bits per heavy atom. The van der Waals surface area contributed by atoms with E-state index in [-0.39, 0.29) is 0 Å². The molecule has 7 heteroatoms. The van der Waals surface area contributed by atoms with Crippen LogP contribution in [0.15, 0.2) is 12.1 Å². The molecule has 114 valence electrons. The van der Waals surface area contributed by atoms with Crippen LogP contribution in [0.2, 0.25) is 0 Å². The van der Waals surface area contributed by atoms with Gasteiger partial charge in [-0.15, -0.1) is 0 Å². The highest BCUT2D eigenvalue weighted by Crippen LogP contribution is 2.29. The molecule has 2 atom stereocenters. The SMILES string of the molecule is CC1CCC(CNC(=O)c2cc(F)c([N+](=O)[O-])cc2F)C1. The van der Waals surface area contributed by atoms with E-state index in [9.17, 15) is 23.7 Å². The van der Waals surface area contributed by atoms with E-state index < -0.39 is 33.7 Å². The first-order valence-electron chi connectivity index (χ1n) is 6.80. The fraction of sp³-hybridized carbons (Fsp3) is 0.500. The quantitative estimate of drug-likeness (QED) is 0.686. The van der Waals surface area contributed by atoms with Crippen molar-refractivity contribution in [1.82, 2.24) is 5.32 Å². The molecule has 0 radical (unpaired) electrons. The van der Waals surface area contributed by atoms with Crippen LogP contribution in [0.25, 0.3) is 0 Å². The van der Waals surface area contributed by atoms with Crippen molar-refractivity contribution in [2.24, 2.45) is 11.8 Å². The fourth-order valence-electron chi connectivity index (χ4n) is 2.69. The fourth-order valence-corrected chi connectivity index (χ4v) is 2.69. The Bertz CT molecular complexity index is 578. The molecule has 0 saturated heterocycles. The molecule has 0 bridgehead atoms. The van der Waals surface area contributed by atoms with Gasteiger partial charge in [-0.05, 0) is 30.7 Å². The molecule has 0 aromatic heterocycles. The van der Waals surface area contributed by atoms with Gasteiger partial charge in [-0.25, -0.2) is 4.39 Å². The zero-order valence-corrected chi connectivity index (χ0v) is 11.6. The molecule has 1 amide bonds. The van der Waals surface area contributed by atoms with Crippen LogP contribution >= 0.6 is 0 Å². The molecular formula is C14H16F2N2O3. The summed E-state index contributed by atoms with van der Waals surface area (Å²) in [6.07, 6.45) is 3.09. The Morgan fingerprint density at radius 1 is 1.38 bits per heavy atom. The van der Waals surface area contributed by atoms with Gasteiger partial charge in [0.2, 0.25) is 5.82 Å². The number of rotatable bonds is 4. The van der Waals surface area contributed by atoms with Gasteiger partial charge in [0.25, 0.3) is 5.91 Å². The van der Waals surface area contributed by atoms with Gasteiger partial charge in [0.05, 0.1) is 16.6 Å². The van der Waals surface area contributed by atoms with Crippen molar-refractivity contribution in [2.45, 2.75) is 26.2 Å². The first kappa shape index (κ1) is 15.3. The summed E-state index contributed by atoms with van der Waals surface area (Å²) in [4.78, 5) is 21.3. The molecular weight excluding hydrogens is 282 g/mol. The standard InChI is InChI=1S/C14H16F2N2O3/c1-8-2-3-9(4-8)7-17-14(19)10-5-12(16)13(18(20)21)6-11(10)15/h5-6,8-9H,2-4,7H2,1H3,(H,17,19). The monoisotopic (exact) mass is 298 g/mol. The van der Waals surface area contributed by atoms with Crippen LogP contribution in [0.1, 0.15) is 36.5 Å². The van der Waals surface area contributed by atoms with Crippen molar-refractivity contribution in [3.8, 4) is 0 Å². The van der Waals surface area contributed by atoms with Crippen LogP contribution in [0.4, 0.5) is 14.5 Å². The van der Waals surface area contributed by atoms with E-state index in [1.165, 1.54) is 0 Å². The van der Waals surface area contributed by atoms with Crippen LogP contribution in [-0.4, -0.2) is 17.4 Å². The first-order valence-corrected chi connectivity index (χ1v) is 6.80. The maximum atomic E-state index is 13.7. The molecule has 0 heterocycles. The maximum Gasteiger partial charge on any atom is 0.307 e. The van der Waals surface area contributed by atoms with E-state index in [1.54, 1.807) is 0 Å². The van der Waals surface area contributed by atoms with Crippen molar-refractivity contribution in [3.05, 3.63) is 39.4 Å². The van der Waals surface area contributed by atoms with E-state index in [0.29, 0.717) is 30.5 Å². The second kappa shape index (κ2) is 6.15. The third-order valence-electron chi connectivity index (χ3n) is 3.83. The molecule has 0 aliphatic heterocycles. The Kier molecular flexibility index (Phi) is 4.50. The Labute approximate surface area is 120 Å². The number of carbonyl (C=O) groups is 1. The Morgan fingerprint density at radius 2 is 2.10 bits per heavy atom. The molecule has 1 aliphatic rings. The highest BCUT2D eigenvalue weighted by atomic mass is 19.1. The van der Waals surface area contributed by atoms with Crippen LogP contribution in [0.3, 0.4) is 0 Å². The molecule has 2 rings (SSSR count). The predicted molar refractivity (Wildman–Crippen MR) is 71.9 cm³/mol. The summed E-state index contributed by atoms with van der Waals surface area (Å²) in [5.41, 5.74) is -1.49. The summed E-state index contributed by atoms with van der Waals surface area (Å²) in [6, 6.07) is 1.00. The number of hydrogen-bond donors (Lipinski definition) is 1. The number of carbonyl (C=O) groups excluding carboxylic acids is 1. The first-order chi connectivity index (χ1) is 9.88. The van der Waals surface area contributed by atoms with Crippen LogP contribution in [0, 0.1) is 33.6 Å². The molecule has 0 spiro atoms. The number of amides is 1. The summed E-state index contributed by atoms with van der Waals surface area (Å²) in [5.74, 6) is -2.11. The molecule has 21 heavy (non-hydrogen) atoms. The number of nitro groups is 1. The average molecular weight is 298 g/mol. The van der Waals surface area contributed by atoms with Crippen LogP contribution in [0.5, 0.6) is 0 Å². The van der Waals surface area contributed by atoms with Crippen molar-refractivity contribution < 1.29 is 18.5 Å². The summed E-state index contributed by atoms with van der Waals surface area (Å²) in [5, 5.41) is 13.0. The van der Waals surface area contributed by atoms with Gasteiger partial charge in [-0.2, -0.15) is 4.39 Å². The van der Waals surface area contributed by atoms with Gasteiger partial charge in [-0.3, -0.25) is 14.9 Å². The average Bonchev–Trinajstić information content (AvgIpc) is 2.83. The molecule has 1 aliphatic carbocycles. The van der Waals surface area contributed by atoms with E-state index in [4.69, 9.17) is 0 Å². The van der Waals surface area contributed by atoms with Gasteiger partial charge < -0.3 is 5.32 Å². The predicted octanol–water partition coefficient (Wildman–Crippen LogP) is 3.04. The van der Waals surface area contributed by atoms with Crippen LogP contribution < -0.4 is 5.32 Å². The Balaban J connectivity index is 2.05. The zero-order chi connectivity index (χ0) is 15.6. The summed E-state index contributed by atoms with van der Waals surface area (Å²) in [6.45, 7) is 2.54. The third-order valence-corrected chi connectivity index (χ3v) is 3.83. The molecule has 5 nitrogen and oxygen atoms in total. The lowest BCUT2D eigenvalue weighted by molar-refractivity contribution is -0.387. The molecule has 1 N–H and O–H groups in total. The van der Waals surface area contributed by atoms with Crippen molar-refractivity contribution in [3.63, 3.8) is 0 Å². The Hall–Kier alpha value is -2.05. The summed E-state index contributed by atoms with van der Waals surface area (Å²) < 4.78 is 27.1. The van der Waals surface area contributed by atoms with Crippen LogP contribution in [-0.2, 0) is 0 Å². The third kappa shape index (κ3) is 3.53. The molecule has 1 saturated carbocycles. The molecule has 1 aromatic carbocycles. The maximum absolute atomic E-state index is 13.7. The number of nitrogens with one attached hydrogen (secondary N) is 1. The van der Waals surface area contributed by atoms with Crippen molar-refractivity contribution >= 4 is 11.6 Å². The normalized spacial score (nSPS) is 21.3. The van der Waals surface area contributed by atoms with E-state index >= 15 is 0 Å². The van der Waals surface area contributed by atoms with Gasteiger partial charge in [0.15, 0.2) is 0 Å². The van der Waals surface area contributed by atoms with Gasteiger partial charge >= 0.3 is 5.69 Å². The zero-order valence-electron chi connectivity index (χ0n) is 11.6. The van der Waals surface area contributed by atoms with E-state index in [2.05, 4.69) is 12.2 Å². The lowest BCUT2D eigenvalue weighted by Crippen LogP contribution is -2.29. The minimum Gasteiger partial charge on any atom is -0.352 e. The number of nitro benzene ring substituents is 1. The lowest BCUT2D eigenvalue weighted by Gasteiger charge is -2.11. The summed E-state index contributed by atoms with van der Waals surface area (Å²) in [7, 11) is 0. The number of benzene rings is 1. The molecule has 1 aromatic rings. The molecule has 2 unspecified atom stereocenters. The minimum absolute atomic E-state index is 0.343. The van der Waals surface area contributed by atoms with E-state index in [0.717, 1.165) is 19.3 Å². The number of hydrogen-bond acceptors (Lipinski definition) is 3. The van der Waals surface area contributed by atoms with Crippen molar-refractivity contribution in [2.75, 3.05) is 6.54 Å². The second-order valence-corrected chi connectivity index (χ2v) is 5.53. The largest absolute Gasteiger partial charge is 0.352 e. The number of halogens is 2. The smallest absolute Gasteiger partial charge is 0.307 e. The topological polar surface area (TPSA) is 72.2 Å². The van der Waals surface area contributed by atoms with Gasteiger partial charge in [0, 0.05) is 6.54 Å². The molecule has 1 fully saturated rings. The lowest BCUT2D eigenvalue weighted by atomic mass is 10.1. The second-order valence-electron chi connectivity index (χ2n) is 5.53. The number of nitrogens with zero attached hydrogens (tertiary/aromatic N) is 1. The van der Waals surface area contributed by atoms with E-state index in [1.807, 2.05) is 0 Å². The minimum atomic E-state index is -1.22. The van der Waals surface area contributed by atoms with Crippen molar-refractivity contribution in [1.29, 1.82) is 0 Å². The van der Waals surface area contributed by atoms with Gasteiger partial charge in [0.1, 0.15) is 5.82 Å². The highest BCUT2D eigenvalue weighted by Gasteiger charge is 2.24. The summed E-state index contributed by atoms with van der Waals surface area (Å²) >= 11 is 0. The van der Waals surface area contributed by atoms with Gasteiger partial charge in [-0.1, -0.05) is 13.3 Å². The highest BCUT2D eigenvalue weighted by molar-refractivity contribution is 5.94.